The SMILES string of the molecule is Nc1ccc(Oc2ncccc2C=O)cc1. The Kier molecular flexibility index (Phi) is 2.82. The molecule has 1 aromatic heterocycles. The summed E-state index contributed by atoms with van der Waals surface area (Å²) < 4.78 is 5.46. The van der Waals surface area contributed by atoms with Crippen molar-refractivity contribution in [1.82, 2.24) is 4.98 Å². The van der Waals surface area contributed by atoms with E-state index in [0.717, 1.165) is 0 Å². The molecule has 2 rings (SSSR count). The highest BCUT2D eigenvalue weighted by Crippen LogP contribution is 2.22. The van der Waals surface area contributed by atoms with Crippen molar-refractivity contribution in [2.45, 2.75) is 0 Å². The molecule has 0 unspecified atom stereocenters. The molecule has 0 atom stereocenters. The average Bonchev–Trinajstić information content (AvgIpc) is 2.33. The van der Waals surface area contributed by atoms with E-state index in [1.807, 2.05) is 0 Å². The molecule has 4 nitrogen and oxygen atoms in total. The molecule has 0 amide bonds. The van der Waals surface area contributed by atoms with Gasteiger partial charge in [0.05, 0.1) is 5.56 Å². The topological polar surface area (TPSA) is 65.2 Å². The summed E-state index contributed by atoms with van der Waals surface area (Å²) in [6.07, 6.45) is 2.28. The largest absolute Gasteiger partial charge is 0.438 e. The van der Waals surface area contributed by atoms with Crippen molar-refractivity contribution in [1.29, 1.82) is 0 Å². The number of aromatic nitrogens is 1. The zero-order valence-electron chi connectivity index (χ0n) is 8.46. The summed E-state index contributed by atoms with van der Waals surface area (Å²) in [5, 5.41) is 0. The third-order valence-electron chi connectivity index (χ3n) is 2.02. The second-order valence-electron chi connectivity index (χ2n) is 3.19. The molecule has 0 saturated heterocycles. The average molecular weight is 214 g/mol. The molecule has 4 heteroatoms. The summed E-state index contributed by atoms with van der Waals surface area (Å²) in [6, 6.07) is 10.2. The van der Waals surface area contributed by atoms with Crippen LogP contribution in [0.3, 0.4) is 0 Å². The fourth-order valence-corrected chi connectivity index (χ4v) is 1.23. The number of carbonyl (C=O) groups is 1. The lowest BCUT2D eigenvalue weighted by Crippen LogP contribution is -1.93. The van der Waals surface area contributed by atoms with Crippen LogP contribution in [0.15, 0.2) is 42.6 Å². The molecule has 0 aliphatic carbocycles. The fraction of sp³-hybridized carbons (Fsp3) is 0. The van der Waals surface area contributed by atoms with Gasteiger partial charge in [-0.1, -0.05) is 0 Å². The maximum atomic E-state index is 10.7. The predicted octanol–water partition coefficient (Wildman–Crippen LogP) is 2.27. The number of anilines is 1. The summed E-state index contributed by atoms with van der Waals surface area (Å²) in [5.74, 6) is 0.887. The van der Waals surface area contributed by atoms with E-state index in [9.17, 15) is 4.79 Å². The smallest absolute Gasteiger partial charge is 0.229 e. The van der Waals surface area contributed by atoms with Crippen LogP contribution in [0.25, 0.3) is 0 Å². The zero-order chi connectivity index (χ0) is 11.4. The Morgan fingerprint density at radius 2 is 1.94 bits per heavy atom. The van der Waals surface area contributed by atoms with Gasteiger partial charge in [0, 0.05) is 11.9 Å². The van der Waals surface area contributed by atoms with Crippen molar-refractivity contribution >= 4 is 12.0 Å². The Morgan fingerprint density at radius 1 is 1.19 bits per heavy atom. The quantitative estimate of drug-likeness (QED) is 0.628. The van der Waals surface area contributed by atoms with Gasteiger partial charge in [0.25, 0.3) is 0 Å². The van der Waals surface area contributed by atoms with Gasteiger partial charge < -0.3 is 10.5 Å². The number of hydrogen-bond donors (Lipinski definition) is 1. The second kappa shape index (κ2) is 4.44. The fourth-order valence-electron chi connectivity index (χ4n) is 1.23. The molecule has 2 aromatic rings. The van der Waals surface area contributed by atoms with Crippen molar-refractivity contribution in [3.05, 3.63) is 48.2 Å². The van der Waals surface area contributed by atoms with E-state index in [4.69, 9.17) is 10.5 Å². The molecule has 0 aliphatic heterocycles. The van der Waals surface area contributed by atoms with Crippen LogP contribution in [-0.2, 0) is 0 Å². The number of carbonyl (C=O) groups excluding carboxylic acids is 1. The first kappa shape index (κ1) is 10.2. The molecule has 0 spiro atoms. The minimum absolute atomic E-state index is 0.294. The highest BCUT2D eigenvalue weighted by molar-refractivity contribution is 5.78. The van der Waals surface area contributed by atoms with Gasteiger partial charge in [0.1, 0.15) is 5.75 Å². The zero-order valence-corrected chi connectivity index (χ0v) is 8.46. The van der Waals surface area contributed by atoms with E-state index < -0.39 is 0 Å². The molecular weight excluding hydrogens is 204 g/mol. The van der Waals surface area contributed by atoms with Crippen molar-refractivity contribution in [3.8, 4) is 11.6 Å². The number of pyridine rings is 1. The van der Waals surface area contributed by atoms with E-state index in [-0.39, 0.29) is 0 Å². The molecule has 16 heavy (non-hydrogen) atoms. The summed E-state index contributed by atoms with van der Waals surface area (Å²) >= 11 is 0. The number of aldehydes is 1. The molecule has 0 saturated carbocycles. The number of nitrogens with two attached hydrogens (primary N) is 1. The monoisotopic (exact) mass is 214 g/mol. The Balaban J connectivity index is 2.26. The number of rotatable bonds is 3. The van der Waals surface area contributed by atoms with E-state index in [1.54, 1.807) is 42.6 Å². The Bertz CT molecular complexity index is 495. The van der Waals surface area contributed by atoms with Gasteiger partial charge in [0.2, 0.25) is 5.88 Å². The van der Waals surface area contributed by atoms with Crippen LogP contribution in [0.4, 0.5) is 5.69 Å². The third-order valence-corrected chi connectivity index (χ3v) is 2.02. The first-order chi connectivity index (χ1) is 7.79. The molecule has 2 N–H and O–H groups in total. The summed E-state index contributed by atoms with van der Waals surface area (Å²) in [5.41, 5.74) is 6.62. The molecule has 0 bridgehead atoms. The number of benzene rings is 1. The Hall–Kier alpha value is -2.36. The van der Waals surface area contributed by atoms with Gasteiger partial charge in [-0.3, -0.25) is 4.79 Å². The summed E-state index contributed by atoms with van der Waals surface area (Å²) in [7, 11) is 0. The third kappa shape index (κ3) is 2.17. The molecular formula is C12H10N2O2. The van der Waals surface area contributed by atoms with Gasteiger partial charge in [0.15, 0.2) is 6.29 Å². The van der Waals surface area contributed by atoms with E-state index >= 15 is 0 Å². The van der Waals surface area contributed by atoms with Crippen LogP contribution in [0, 0.1) is 0 Å². The molecule has 0 aliphatic rings. The van der Waals surface area contributed by atoms with E-state index in [1.165, 1.54) is 0 Å². The lowest BCUT2D eigenvalue weighted by atomic mass is 10.3. The number of hydrogen-bond acceptors (Lipinski definition) is 4. The van der Waals surface area contributed by atoms with Gasteiger partial charge in [-0.2, -0.15) is 0 Å². The Morgan fingerprint density at radius 3 is 2.62 bits per heavy atom. The maximum Gasteiger partial charge on any atom is 0.229 e. The molecule has 0 fully saturated rings. The van der Waals surface area contributed by atoms with Crippen LogP contribution >= 0.6 is 0 Å². The van der Waals surface area contributed by atoms with Crippen molar-refractivity contribution < 1.29 is 9.53 Å². The van der Waals surface area contributed by atoms with Crippen LogP contribution in [0.2, 0.25) is 0 Å². The van der Waals surface area contributed by atoms with Crippen LogP contribution in [0.1, 0.15) is 10.4 Å². The lowest BCUT2D eigenvalue weighted by Gasteiger charge is -2.06. The molecule has 1 heterocycles. The predicted molar refractivity (Wildman–Crippen MR) is 60.6 cm³/mol. The van der Waals surface area contributed by atoms with Crippen molar-refractivity contribution in [3.63, 3.8) is 0 Å². The summed E-state index contributed by atoms with van der Waals surface area (Å²) in [6.45, 7) is 0. The highest BCUT2D eigenvalue weighted by Gasteiger charge is 2.04. The maximum absolute atomic E-state index is 10.7. The van der Waals surface area contributed by atoms with Gasteiger partial charge >= 0.3 is 0 Å². The number of ether oxygens (including phenoxy) is 1. The van der Waals surface area contributed by atoms with Gasteiger partial charge in [-0.05, 0) is 36.4 Å². The minimum atomic E-state index is 0.294. The lowest BCUT2D eigenvalue weighted by molar-refractivity contribution is 0.112. The standard InChI is InChI=1S/C12H10N2O2/c13-10-3-5-11(6-4-10)16-12-9(8-15)2-1-7-14-12/h1-8H,13H2. The van der Waals surface area contributed by atoms with E-state index in [0.29, 0.717) is 29.2 Å². The van der Waals surface area contributed by atoms with Crippen LogP contribution in [-0.4, -0.2) is 11.3 Å². The van der Waals surface area contributed by atoms with E-state index in [2.05, 4.69) is 4.98 Å². The first-order valence-corrected chi connectivity index (χ1v) is 4.73. The van der Waals surface area contributed by atoms with Gasteiger partial charge in [-0.15, -0.1) is 0 Å². The Labute approximate surface area is 92.7 Å². The van der Waals surface area contributed by atoms with Crippen LogP contribution in [0.5, 0.6) is 11.6 Å². The van der Waals surface area contributed by atoms with Crippen molar-refractivity contribution in [2.24, 2.45) is 0 Å². The first-order valence-electron chi connectivity index (χ1n) is 4.73. The molecule has 0 radical (unpaired) electrons. The van der Waals surface area contributed by atoms with Gasteiger partial charge in [-0.25, -0.2) is 4.98 Å². The van der Waals surface area contributed by atoms with Crippen molar-refractivity contribution in [2.75, 3.05) is 5.73 Å². The normalized spacial score (nSPS) is 9.75. The summed E-state index contributed by atoms with van der Waals surface area (Å²) in [4.78, 5) is 14.7. The minimum Gasteiger partial charge on any atom is -0.438 e. The highest BCUT2D eigenvalue weighted by atomic mass is 16.5. The number of nitrogen functional groups attached to an aromatic ring is 1. The second-order valence-corrected chi connectivity index (χ2v) is 3.19. The number of nitrogens with zero attached hydrogens (tertiary/aromatic N) is 1. The van der Waals surface area contributed by atoms with Crippen LogP contribution < -0.4 is 10.5 Å². The molecule has 80 valence electrons. The molecule has 1 aromatic carbocycles.